The molecule has 0 aliphatic heterocycles. The summed E-state index contributed by atoms with van der Waals surface area (Å²) in [5, 5.41) is 0. The van der Waals surface area contributed by atoms with Gasteiger partial charge in [-0.15, -0.1) is 12.4 Å². The molecule has 0 heterocycles. The second-order valence-corrected chi connectivity index (χ2v) is 4.54. The molecule has 21 heavy (non-hydrogen) atoms. The fraction of sp³-hybridized carbons (Fsp3) is 0.188. The van der Waals surface area contributed by atoms with Crippen LogP contribution in [-0.4, -0.2) is 19.1 Å². The van der Waals surface area contributed by atoms with Crippen LogP contribution in [0.1, 0.15) is 5.56 Å². The summed E-state index contributed by atoms with van der Waals surface area (Å²) in [5.74, 6) is -0.679. The number of methoxy groups -OCH3 is 1. The summed E-state index contributed by atoms with van der Waals surface area (Å²) < 4.78 is 17.5. The minimum atomic E-state index is -0.656. The van der Waals surface area contributed by atoms with E-state index in [0.29, 0.717) is 6.42 Å². The molecule has 0 unspecified atom stereocenters. The summed E-state index contributed by atoms with van der Waals surface area (Å²) in [6, 6.07) is 13.3. The number of rotatable bonds is 4. The Bertz CT molecular complexity index is 584. The summed E-state index contributed by atoms with van der Waals surface area (Å²) in [4.78, 5) is 11.3. The lowest BCUT2D eigenvalue weighted by Gasteiger charge is -2.09. The van der Waals surface area contributed by atoms with E-state index in [2.05, 4.69) is 4.74 Å². The van der Waals surface area contributed by atoms with Crippen LogP contribution in [0.2, 0.25) is 0 Å². The third-order valence-corrected chi connectivity index (χ3v) is 3.09. The molecular weight excluding hydrogens is 293 g/mol. The molecule has 2 aromatic carbocycles. The second kappa shape index (κ2) is 7.76. The standard InChI is InChI=1S/C16H16FNO2.ClH/c1-20-16(19)15(18)10-11-2-4-12(5-3-11)13-6-8-14(17)9-7-13;/h2-9,15H,10,18H2,1H3;1H/t15-;/m1./s1. The molecule has 0 spiro atoms. The van der Waals surface area contributed by atoms with Gasteiger partial charge < -0.3 is 10.5 Å². The first-order valence-electron chi connectivity index (χ1n) is 6.28. The predicted octanol–water partition coefficient (Wildman–Crippen LogP) is 2.96. The Labute approximate surface area is 129 Å². The number of nitrogens with two attached hydrogens (primary N) is 1. The molecule has 5 heteroatoms. The number of carbonyl (C=O) groups is 1. The van der Waals surface area contributed by atoms with Crippen molar-refractivity contribution >= 4 is 18.4 Å². The van der Waals surface area contributed by atoms with Gasteiger partial charge in [0, 0.05) is 0 Å². The van der Waals surface area contributed by atoms with E-state index in [1.54, 1.807) is 12.1 Å². The number of benzene rings is 2. The van der Waals surface area contributed by atoms with E-state index in [1.165, 1.54) is 19.2 Å². The van der Waals surface area contributed by atoms with Gasteiger partial charge in [-0.05, 0) is 35.2 Å². The molecule has 1 atom stereocenters. The largest absolute Gasteiger partial charge is 0.468 e. The van der Waals surface area contributed by atoms with E-state index < -0.39 is 12.0 Å². The van der Waals surface area contributed by atoms with Crippen molar-refractivity contribution in [3.8, 4) is 11.1 Å². The average Bonchev–Trinajstić information content (AvgIpc) is 2.48. The normalized spacial score (nSPS) is 11.4. The molecule has 0 saturated heterocycles. The van der Waals surface area contributed by atoms with E-state index in [0.717, 1.165) is 16.7 Å². The molecule has 0 saturated carbocycles. The molecule has 2 rings (SSSR count). The highest BCUT2D eigenvalue weighted by Gasteiger charge is 2.13. The zero-order valence-corrected chi connectivity index (χ0v) is 12.4. The van der Waals surface area contributed by atoms with Gasteiger partial charge in [0.15, 0.2) is 0 Å². The number of ether oxygens (including phenoxy) is 1. The molecule has 0 amide bonds. The van der Waals surface area contributed by atoms with E-state index in [4.69, 9.17) is 5.73 Å². The molecule has 3 nitrogen and oxygen atoms in total. The van der Waals surface area contributed by atoms with Gasteiger partial charge >= 0.3 is 5.97 Å². The maximum absolute atomic E-state index is 12.9. The topological polar surface area (TPSA) is 52.3 Å². The minimum absolute atomic E-state index is 0. The first-order valence-corrected chi connectivity index (χ1v) is 6.28. The van der Waals surface area contributed by atoms with Gasteiger partial charge in [-0.25, -0.2) is 4.39 Å². The summed E-state index contributed by atoms with van der Waals surface area (Å²) in [7, 11) is 1.32. The van der Waals surface area contributed by atoms with Crippen LogP contribution in [0.4, 0.5) is 4.39 Å². The molecule has 112 valence electrons. The van der Waals surface area contributed by atoms with Gasteiger partial charge in [0.1, 0.15) is 11.9 Å². The Morgan fingerprint density at radius 3 is 2.05 bits per heavy atom. The van der Waals surface area contributed by atoms with E-state index >= 15 is 0 Å². The highest BCUT2D eigenvalue weighted by atomic mass is 35.5. The van der Waals surface area contributed by atoms with Crippen LogP contribution in [0.3, 0.4) is 0 Å². The summed E-state index contributed by atoms with van der Waals surface area (Å²) in [6.45, 7) is 0. The molecule has 0 aromatic heterocycles. The third kappa shape index (κ3) is 4.55. The minimum Gasteiger partial charge on any atom is -0.468 e. The maximum Gasteiger partial charge on any atom is 0.322 e. The van der Waals surface area contributed by atoms with Gasteiger partial charge in [-0.2, -0.15) is 0 Å². The zero-order chi connectivity index (χ0) is 14.5. The Hall–Kier alpha value is -1.91. The van der Waals surface area contributed by atoms with Gasteiger partial charge in [-0.1, -0.05) is 36.4 Å². The van der Waals surface area contributed by atoms with Gasteiger partial charge in [0.2, 0.25) is 0 Å². The smallest absolute Gasteiger partial charge is 0.322 e. The summed E-state index contributed by atoms with van der Waals surface area (Å²) in [6.07, 6.45) is 0.427. The lowest BCUT2D eigenvalue weighted by Crippen LogP contribution is -2.33. The molecule has 2 N–H and O–H groups in total. The lowest BCUT2D eigenvalue weighted by atomic mass is 10.0. The van der Waals surface area contributed by atoms with Gasteiger partial charge in [0.05, 0.1) is 7.11 Å². The predicted molar refractivity (Wildman–Crippen MR) is 82.8 cm³/mol. The van der Waals surface area contributed by atoms with Gasteiger partial charge in [-0.3, -0.25) is 4.79 Å². The van der Waals surface area contributed by atoms with E-state index in [-0.39, 0.29) is 18.2 Å². The fourth-order valence-electron chi connectivity index (χ4n) is 1.96. The number of esters is 1. The fourth-order valence-corrected chi connectivity index (χ4v) is 1.96. The molecule has 0 aliphatic carbocycles. The van der Waals surface area contributed by atoms with Crippen molar-refractivity contribution in [3.05, 3.63) is 59.9 Å². The number of hydrogen-bond donors (Lipinski definition) is 1. The second-order valence-electron chi connectivity index (χ2n) is 4.54. The Morgan fingerprint density at radius 1 is 1.10 bits per heavy atom. The van der Waals surface area contributed by atoms with Crippen molar-refractivity contribution in [1.82, 2.24) is 0 Å². The van der Waals surface area contributed by atoms with Crippen LogP contribution in [-0.2, 0) is 16.0 Å². The van der Waals surface area contributed by atoms with Crippen LogP contribution in [0.15, 0.2) is 48.5 Å². The molecular formula is C16H17ClFNO2. The number of halogens is 2. The molecule has 2 aromatic rings. The third-order valence-electron chi connectivity index (χ3n) is 3.09. The van der Waals surface area contributed by atoms with Crippen LogP contribution in [0.5, 0.6) is 0 Å². The Balaban J connectivity index is 0.00000220. The van der Waals surface area contributed by atoms with Crippen LogP contribution >= 0.6 is 12.4 Å². The Morgan fingerprint density at radius 2 is 1.57 bits per heavy atom. The molecule has 0 aliphatic rings. The van der Waals surface area contributed by atoms with Gasteiger partial charge in [0.25, 0.3) is 0 Å². The van der Waals surface area contributed by atoms with Crippen LogP contribution in [0.25, 0.3) is 11.1 Å². The highest BCUT2D eigenvalue weighted by molar-refractivity contribution is 5.85. The summed E-state index contributed by atoms with van der Waals surface area (Å²) >= 11 is 0. The van der Waals surface area contributed by atoms with Crippen molar-refractivity contribution < 1.29 is 13.9 Å². The van der Waals surface area contributed by atoms with Crippen molar-refractivity contribution in [2.24, 2.45) is 5.73 Å². The van der Waals surface area contributed by atoms with Crippen molar-refractivity contribution in [3.63, 3.8) is 0 Å². The molecule has 0 bridgehead atoms. The lowest BCUT2D eigenvalue weighted by molar-refractivity contribution is -0.142. The van der Waals surface area contributed by atoms with Crippen molar-refractivity contribution in [2.45, 2.75) is 12.5 Å². The first-order chi connectivity index (χ1) is 9.60. The Kier molecular flexibility index (Phi) is 6.34. The zero-order valence-electron chi connectivity index (χ0n) is 11.6. The van der Waals surface area contributed by atoms with Crippen LogP contribution in [0, 0.1) is 5.82 Å². The first kappa shape index (κ1) is 17.1. The molecule has 0 fully saturated rings. The average molecular weight is 310 g/mol. The highest BCUT2D eigenvalue weighted by Crippen LogP contribution is 2.20. The van der Waals surface area contributed by atoms with E-state index in [1.807, 2.05) is 24.3 Å². The van der Waals surface area contributed by atoms with Crippen molar-refractivity contribution in [1.29, 1.82) is 0 Å². The molecule has 0 radical (unpaired) electrons. The number of hydrogen-bond acceptors (Lipinski definition) is 3. The van der Waals surface area contributed by atoms with E-state index in [9.17, 15) is 9.18 Å². The van der Waals surface area contributed by atoms with Crippen LogP contribution < -0.4 is 5.73 Å². The van der Waals surface area contributed by atoms with Crippen molar-refractivity contribution in [2.75, 3.05) is 7.11 Å². The monoisotopic (exact) mass is 309 g/mol. The summed E-state index contributed by atoms with van der Waals surface area (Å²) in [5.41, 5.74) is 8.59. The maximum atomic E-state index is 12.9. The SMILES string of the molecule is COC(=O)[C@H](N)Cc1ccc(-c2ccc(F)cc2)cc1.Cl. The quantitative estimate of drug-likeness (QED) is 0.883. The number of carbonyl (C=O) groups excluding carboxylic acids is 1.